The summed E-state index contributed by atoms with van der Waals surface area (Å²) in [6.45, 7) is 6.52. The molecule has 1 aliphatic rings. The number of hydrogen-bond acceptors (Lipinski definition) is 3. The van der Waals surface area contributed by atoms with E-state index in [2.05, 4.69) is 26.1 Å². The standard InChI is InChI=1S/C13H18N2O2/c1-13(2,3)8-5-4-6-9-11(8)17-10(7-14)12(16)15-9/h4-6,10H,7,14H2,1-3H3,(H,15,16). The van der Waals surface area contributed by atoms with Gasteiger partial charge in [-0.15, -0.1) is 0 Å². The fraction of sp³-hybridized carbons (Fsp3) is 0.462. The van der Waals surface area contributed by atoms with Crippen molar-refractivity contribution in [3.63, 3.8) is 0 Å². The molecule has 0 radical (unpaired) electrons. The van der Waals surface area contributed by atoms with E-state index in [1.54, 1.807) is 0 Å². The van der Waals surface area contributed by atoms with E-state index in [1.807, 2.05) is 18.2 Å². The van der Waals surface area contributed by atoms with E-state index in [9.17, 15) is 4.79 Å². The molecule has 0 aliphatic carbocycles. The first-order valence-electron chi connectivity index (χ1n) is 5.74. The molecule has 1 aliphatic heterocycles. The summed E-state index contributed by atoms with van der Waals surface area (Å²) in [5.74, 6) is 0.570. The van der Waals surface area contributed by atoms with Crippen LogP contribution in [0, 0.1) is 0 Å². The molecule has 0 aromatic heterocycles. The van der Waals surface area contributed by atoms with Gasteiger partial charge in [-0.25, -0.2) is 0 Å². The van der Waals surface area contributed by atoms with Gasteiger partial charge in [-0.1, -0.05) is 32.9 Å². The van der Waals surface area contributed by atoms with Gasteiger partial charge in [-0.05, 0) is 11.5 Å². The number of para-hydroxylation sites is 1. The summed E-state index contributed by atoms with van der Waals surface area (Å²) >= 11 is 0. The average Bonchev–Trinajstić information content (AvgIpc) is 2.25. The topological polar surface area (TPSA) is 64.3 Å². The molecule has 1 amide bonds. The van der Waals surface area contributed by atoms with Crippen LogP contribution in [-0.4, -0.2) is 18.6 Å². The van der Waals surface area contributed by atoms with Crippen molar-refractivity contribution in [3.8, 4) is 5.75 Å². The van der Waals surface area contributed by atoms with Gasteiger partial charge in [0.2, 0.25) is 0 Å². The molecule has 0 saturated carbocycles. The van der Waals surface area contributed by atoms with Crippen LogP contribution in [0.2, 0.25) is 0 Å². The van der Waals surface area contributed by atoms with Crippen molar-refractivity contribution in [2.45, 2.75) is 32.3 Å². The molecule has 4 heteroatoms. The van der Waals surface area contributed by atoms with E-state index in [0.717, 1.165) is 17.0 Å². The van der Waals surface area contributed by atoms with Gasteiger partial charge in [0, 0.05) is 12.1 Å². The maximum atomic E-state index is 11.6. The third-order valence-electron chi connectivity index (χ3n) is 2.85. The van der Waals surface area contributed by atoms with Crippen LogP contribution >= 0.6 is 0 Å². The highest BCUT2D eigenvalue weighted by atomic mass is 16.5. The average molecular weight is 234 g/mol. The van der Waals surface area contributed by atoms with Crippen molar-refractivity contribution in [1.82, 2.24) is 0 Å². The maximum Gasteiger partial charge on any atom is 0.266 e. The number of nitrogens with two attached hydrogens (primary N) is 1. The molecule has 1 aromatic carbocycles. The lowest BCUT2D eigenvalue weighted by Crippen LogP contribution is -2.42. The predicted octanol–water partition coefficient (Wildman–Crippen LogP) is 1.64. The Balaban J connectivity index is 2.48. The van der Waals surface area contributed by atoms with Crippen molar-refractivity contribution in [2.75, 3.05) is 11.9 Å². The molecular formula is C13H18N2O2. The van der Waals surface area contributed by atoms with Crippen LogP contribution < -0.4 is 15.8 Å². The Morgan fingerprint density at radius 3 is 2.71 bits per heavy atom. The Hall–Kier alpha value is -1.55. The molecule has 2 rings (SSSR count). The third-order valence-corrected chi connectivity index (χ3v) is 2.85. The number of carbonyl (C=O) groups is 1. The van der Waals surface area contributed by atoms with Crippen LogP contribution in [0.15, 0.2) is 18.2 Å². The third kappa shape index (κ3) is 2.13. The predicted molar refractivity (Wildman–Crippen MR) is 67.2 cm³/mol. The van der Waals surface area contributed by atoms with E-state index >= 15 is 0 Å². The SMILES string of the molecule is CC(C)(C)c1cccc2c1OC(CN)C(=O)N2. The summed E-state index contributed by atoms with van der Waals surface area (Å²) in [6.07, 6.45) is -0.592. The highest BCUT2D eigenvalue weighted by Crippen LogP contribution is 2.39. The number of fused-ring (bicyclic) bond motifs is 1. The number of rotatable bonds is 1. The van der Waals surface area contributed by atoms with Crippen LogP contribution in [0.1, 0.15) is 26.3 Å². The van der Waals surface area contributed by atoms with E-state index in [4.69, 9.17) is 10.5 Å². The molecule has 0 fully saturated rings. The van der Waals surface area contributed by atoms with Crippen LogP contribution in [0.5, 0.6) is 5.75 Å². The summed E-state index contributed by atoms with van der Waals surface area (Å²) in [4.78, 5) is 11.6. The van der Waals surface area contributed by atoms with Gasteiger partial charge < -0.3 is 15.8 Å². The molecule has 1 aromatic rings. The fourth-order valence-corrected chi connectivity index (χ4v) is 1.92. The minimum absolute atomic E-state index is 0.0352. The quantitative estimate of drug-likeness (QED) is 0.776. The van der Waals surface area contributed by atoms with Crippen LogP contribution in [0.25, 0.3) is 0 Å². The largest absolute Gasteiger partial charge is 0.477 e. The molecule has 1 unspecified atom stereocenters. The Kier molecular flexibility index (Phi) is 2.83. The number of amides is 1. The molecule has 0 saturated heterocycles. The number of nitrogens with one attached hydrogen (secondary N) is 1. The van der Waals surface area contributed by atoms with Crippen molar-refractivity contribution < 1.29 is 9.53 Å². The van der Waals surface area contributed by atoms with Crippen molar-refractivity contribution >= 4 is 11.6 Å². The Morgan fingerprint density at radius 2 is 2.12 bits per heavy atom. The zero-order chi connectivity index (χ0) is 12.6. The molecule has 1 atom stereocenters. The molecule has 4 nitrogen and oxygen atoms in total. The zero-order valence-electron chi connectivity index (χ0n) is 10.4. The number of anilines is 1. The monoisotopic (exact) mass is 234 g/mol. The number of ether oxygens (including phenoxy) is 1. The molecule has 0 bridgehead atoms. The number of hydrogen-bond donors (Lipinski definition) is 2. The van der Waals surface area contributed by atoms with Gasteiger partial charge in [0.15, 0.2) is 6.10 Å². The summed E-state index contributed by atoms with van der Waals surface area (Å²) in [5, 5.41) is 2.83. The summed E-state index contributed by atoms with van der Waals surface area (Å²) in [5.41, 5.74) is 7.30. The van der Waals surface area contributed by atoms with Crippen molar-refractivity contribution in [1.29, 1.82) is 0 Å². The minimum Gasteiger partial charge on any atom is -0.477 e. The Labute approximate surface area is 101 Å². The van der Waals surface area contributed by atoms with Gasteiger partial charge in [-0.3, -0.25) is 4.79 Å². The smallest absolute Gasteiger partial charge is 0.266 e. The first-order valence-corrected chi connectivity index (χ1v) is 5.74. The van der Waals surface area contributed by atoms with Gasteiger partial charge in [0.1, 0.15) is 5.75 Å². The molecule has 1 heterocycles. The van der Waals surface area contributed by atoms with Gasteiger partial charge >= 0.3 is 0 Å². The first kappa shape index (κ1) is 11.9. The summed E-state index contributed by atoms with van der Waals surface area (Å²) in [6, 6.07) is 5.78. The second-order valence-corrected chi connectivity index (χ2v) is 5.26. The van der Waals surface area contributed by atoms with Crippen LogP contribution in [-0.2, 0) is 10.2 Å². The van der Waals surface area contributed by atoms with Gasteiger partial charge in [0.25, 0.3) is 5.91 Å². The van der Waals surface area contributed by atoms with Crippen LogP contribution in [0.3, 0.4) is 0 Å². The highest BCUT2D eigenvalue weighted by Gasteiger charge is 2.30. The van der Waals surface area contributed by atoms with E-state index in [-0.39, 0.29) is 17.9 Å². The summed E-state index contributed by atoms with van der Waals surface area (Å²) in [7, 11) is 0. The molecule has 3 N–H and O–H groups in total. The van der Waals surface area contributed by atoms with E-state index in [1.165, 1.54) is 0 Å². The van der Waals surface area contributed by atoms with E-state index < -0.39 is 6.10 Å². The van der Waals surface area contributed by atoms with Gasteiger partial charge in [0.05, 0.1) is 5.69 Å². The second kappa shape index (κ2) is 4.04. The zero-order valence-corrected chi connectivity index (χ0v) is 10.4. The first-order chi connectivity index (χ1) is 7.93. The lowest BCUT2D eigenvalue weighted by Gasteiger charge is -2.30. The lowest BCUT2D eigenvalue weighted by molar-refractivity contribution is -0.123. The van der Waals surface area contributed by atoms with Crippen molar-refractivity contribution in [3.05, 3.63) is 23.8 Å². The Morgan fingerprint density at radius 1 is 1.41 bits per heavy atom. The number of carbonyl (C=O) groups excluding carboxylic acids is 1. The van der Waals surface area contributed by atoms with E-state index in [0.29, 0.717) is 0 Å². The van der Waals surface area contributed by atoms with Gasteiger partial charge in [-0.2, -0.15) is 0 Å². The second-order valence-electron chi connectivity index (χ2n) is 5.26. The van der Waals surface area contributed by atoms with Crippen LogP contribution in [0.4, 0.5) is 5.69 Å². The lowest BCUT2D eigenvalue weighted by atomic mass is 9.85. The molecule has 17 heavy (non-hydrogen) atoms. The molecule has 0 spiro atoms. The van der Waals surface area contributed by atoms with Crippen molar-refractivity contribution in [2.24, 2.45) is 5.73 Å². The summed E-state index contributed by atoms with van der Waals surface area (Å²) < 4.78 is 5.71. The minimum atomic E-state index is -0.592. The Bertz CT molecular complexity index is 449. The fourth-order valence-electron chi connectivity index (χ4n) is 1.92. The molecule has 92 valence electrons. The number of benzene rings is 1. The maximum absolute atomic E-state index is 11.6. The molecular weight excluding hydrogens is 216 g/mol. The highest BCUT2D eigenvalue weighted by molar-refractivity contribution is 5.98. The normalized spacial score (nSPS) is 19.3.